The summed E-state index contributed by atoms with van der Waals surface area (Å²) in [6.45, 7) is 3.28. The molecule has 1 aromatic heterocycles. The summed E-state index contributed by atoms with van der Waals surface area (Å²) in [5.74, 6) is 0.335. The van der Waals surface area contributed by atoms with Crippen LogP contribution >= 0.6 is 0 Å². The van der Waals surface area contributed by atoms with Crippen LogP contribution in [0.3, 0.4) is 0 Å². The van der Waals surface area contributed by atoms with Crippen LogP contribution in [0.5, 0.6) is 0 Å². The molecule has 5 nitrogen and oxygen atoms in total. The van der Waals surface area contributed by atoms with Crippen LogP contribution in [0.15, 0.2) is 36.5 Å². The second-order valence-electron chi connectivity index (χ2n) is 5.58. The number of fused-ring (bicyclic) bond motifs is 1. The summed E-state index contributed by atoms with van der Waals surface area (Å²) < 4.78 is 0. The maximum Gasteiger partial charge on any atom is 0.230 e. The number of nitrogens with zero attached hydrogens (tertiary/aromatic N) is 3. The lowest BCUT2D eigenvalue weighted by Crippen LogP contribution is -2.39. The summed E-state index contributed by atoms with van der Waals surface area (Å²) in [5, 5.41) is 0. The van der Waals surface area contributed by atoms with Crippen LogP contribution in [0.1, 0.15) is 36.1 Å². The molecule has 0 aliphatic carbocycles. The largest absolute Gasteiger partial charge is 0.368 e. The van der Waals surface area contributed by atoms with E-state index in [2.05, 4.69) is 9.97 Å². The molecule has 1 atom stereocenters. The van der Waals surface area contributed by atoms with E-state index in [9.17, 15) is 4.79 Å². The summed E-state index contributed by atoms with van der Waals surface area (Å²) >= 11 is 0. The van der Waals surface area contributed by atoms with Crippen LogP contribution in [0.2, 0.25) is 0 Å². The lowest BCUT2D eigenvalue weighted by Gasteiger charge is -2.31. The Labute approximate surface area is 130 Å². The average Bonchev–Trinajstić information content (AvgIpc) is 2.55. The Morgan fingerprint density at radius 3 is 2.86 bits per heavy atom. The Bertz CT molecular complexity index is 672. The first-order valence-corrected chi connectivity index (χ1v) is 7.63. The molecule has 0 saturated carbocycles. The van der Waals surface area contributed by atoms with E-state index >= 15 is 0 Å². The van der Waals surface area contributed by atoms with E-state index in [4.69, 9.17) is 5.73 Å². The van der Waals surface area contributed by atoms with Crippen molar-refractivity contribution in [1.82, 2.24) is 14.9 Å². The lowest BCUT2D eigenvalue weighted by molar-refractivity contribution is -0.133. The summed E-state index contributed by atoms with van der Waals surface area (Å²) in [6, 6.07) is 9.96. The van der Waals surface area contributed by atoms with E-state index in [-0.39, 0.29) is 17.8 Å². The van der Waals surface area contributed by atoms with Gasteiger partial charge in [-0.15, -0.1) is 0 Å². The molecule has 1 aromatic carbocycles. The van der Waals surface area contributed by atoms with Gasteiger partial charge in [-0.05, 0) is 24.0 Å². The lowest BCUT2D eigenvalue weighted by atomic mass is 9.94. The van der Waals surface area contributed by atoms with Crippen molar-refractivity contribution in [2.45, 2.75) is 32.2 Å². The van der Waals surface area contributed by atoms with Crippen molar-refractivity contribution in [1.29, 1.82) is 0 Å². The molecule has 2 aromatic rings. The molecule has 1 amide bonds. The van der Waals surface area contributed by atoms with Gasteiger partial charge in [0.15, 0.2) is 0 Å². The Morgan fingerprint density at radius 2 is 2.14 bits per heavy atom. The third kappa shape index (κ3) is 2.79. The van der Waals surface area contributed by atoms with Gasteiger partial charge in [0.25, 0.3) is 0 Å². The topological polar surface area (TPSA) is 72.1 Å². The van der Waals surface area contributed by atoms with E-state index < -0.39 is 0 Å². The summed E-state index contributed by atoms with van der Waals surface area (Å²) in [7, 11) is 0. The van der Waals surface area contributed by atoms with Crippen molar-refractivity contribution in [3.63, 3.8) is 0 Å². The number of aromatic nitrogens is 2. The van der Waals surface area contributed by atoms with Crippen molar-refractivity contribution in [2.75, 3.05) is 12.3 Å². The number of rotatable bonds is 3. The fraction of sp³-hybridized carbons (Fsp3) is 0.353. The number of anilines is 1. The van der Waals surface area contributed by atoms with Gasteiger partial charge in [0.2, 0.25) is 11.9 Å². The standard InChI is InChI=1S/C17H20N4O/c1-2-14(12-6-4-3-5-7-12)16(22)21-9-8-13-10-19-17(18)20-15(13)11-21/h3-7,10,14H,2,8-9,11H2,1H3,(H2,18,19,20). The van der Waals surface area contributed by atoms with Gasteiger partial charge in [-0.1, -0.05) is 37.3 Å². The normalized spacial score (nSPS) is 15.2. The molecule has 2 heterocycles. The average molecular weight is 296 g/mol. The molecule has 0 bridgehead atoms. The van der Waals surface area contributed by atoms with Gasteiger partial charge in [0.1, 0.15) is 0 Å². The molecule has 22 heavy (non-hydrogen) atoms. The second-order valence-corrected chi connectivity index (χ2v) is 5.58. The van der Waals surface area contributed by atoms with E-state index in [0.717, 1.165) is 29.7 Å². The molecule has 3 rings (SSSR count). The monoisotopic (exact) mass is 296 g/mol. The Morgan fingerprint density at radius 1 is 1.36 bits per heavy atom. The number of nitrogen functional groups attached to an aromatic ring is 1. The fourth-order valence-electron chi connectivity index (χ4n) is 2.97. The minimum absolute atomic E-state index is 0.0954. The van der Waals surface area contributed by atoms with Crippen molar-refractivity contribution in [3.8, 4) is 0 Å². The highest BCUT2D eigenvalue weighted by Gasteiger charge is 2.28. The molecule has 5 heteroatoms. The van der Waals surface area contributed by atoms with Crippen LogP contribution in [0.4, 0.5) is 5.95 Å². The summed E-state index contributed by atoms with van der Waals surface area (Å²) in [6.07, 6.45) is 3.35. The Hall–Kier alpha value is -2.43. The van der Waals surface area contributed by atoms with Crippen LogP contribution in [-0.2, 0) is 17.8 Å². The molecule has 1 aliphatic rings. The number of nitrogens with two attached hydrogens (primary N) is 1. The maximum absolute atomic E-state index is 12.9. The van der Waals surface area contributed by atoms with Crippen molar-refractivity contribution in [3.05, 3.63) is 53.3 Å². The van der Waals surface area contributed by atoms with Gasteiger partial charge in [-0.2, -0.15) is 0 Å². The SMILES string of the molecule is CCC(C(=O)N1CCc2cnc(N)nc2C1)c1ccccc1. The minimum atomic E-state index is -0.0954. The Kier molecular flexibility index (Phi) is 4.04. The number of amides is 1. The van der Waals surface area contributed by atoms with Gasteiger partial charge in [-0.25, -0.2) is 9.97 Å². The van der Waals surface area contributed by atoms with Crippen molar-refractivity contribution >= 4 is 11.9 Å². The van der Waals surface area contributed by atoms with Crippen molar-refractivity contribution < 1.29 is 4.79 Å². The van der Waals surface area contributed by atoms with E-state index in [1.54, 1.807) is 6.20 Å². The number of benzene rings is 1. The van der Waals surface area contributed by atoms with Gasteiger partial charge >= 0.3 is 0 Å². The molecule has 1 unspecified atom stereocenters. The summed E-state index contributed by atoms with van der Waals surface area (Å²) in [5.41, 5.74) is 8.69. The third-order valence-corrected chi connectivity index (χ3v) is 4.18. The van der Waals surface area contributed by atoms with Gasteiger partial charge in [-0.3, -0.25) is 4.79 Å². The second kappa shape index (κ2) is 6.13. The van der Waals surface area contributed by atoms with Gasteiger partial charge in [0.05, 0.1) is 18.2 Å². The first-order valence-electron chi connectivity index (χ1n) is 7.63. The highest BCUT2D eigenvalue weighted by molar-refractivity contribution is 5.83. The first-order chi connectivity index (χ1) is 10.7. The van der Waals surface area contributed by atoms with E-state index in [1.165, 1.54) is 0 Å². The van der Waals surface area contributed by atoms with E-state index in [1.807, 2.05) is 42.2 Å². The number of carbonyl (C=O) groups excluding carboxylic acids is 1. The Balaban J connectivity index is 1.81. The zero-order valence-electron chi connectivity index (χ0n) is 12.7. The molecular formula is C17H20N4O. The highest BCUT2D eigenvalue weighted by atomic mass is 16.2. The number of hydrogen-bond donors (Lipinski definition) is 1. The predicted octanol–water partition coefficient (Wildman–Crippen LogP) is 2.14. The van der Waals surface area contributed by atoms with Crippen LogP contribution in [-0.4, -0.2) is 27.3 Å². The van der Waals surface area contributed by atoms with Crippen LogP contribution < -0.4 is 5.73 Å². The molecule has 2 N–H and O–H groups in total. The first kappa shape index (κ1) is 14.5. The van der Waals surface area contributed by atoms with Gasteiger partial charge < -0.3 is 10.6 Å². The zero-order valence-corrected chi connectivity index (χ0v) is 12.7. The van der Waals surface area contributed by atoms with Crippen molar-refractivity contribution in [2.24, 2.45) is 0 Å². The quantitative estimate of drug-likeness (QED) is 0.942. The smallest absolute Gasteiger partial charge is 0.230 e. The number of carbonyl (C=O) groups is 1. The molecular weight excluding hydrogens is 276 g/mol. The summed E-state index contributed by atoms with van der Waals surface area (Å²) in [4.78, 5) is 23.1. The molecule has 0 fully saturated rings. The maximum atomic E-state index is 12.9. The molecule has 0 radical (unpaired) electrons. The predicted molar refractivity (Wildman–Crippen MR) is 85.0 cm³/mol. The molecule has 0 saturated heterocycles. The number of hydrogen-bond acceptors (Lipinski definition) is 4. The molecule has 114 valence electrons. The van der Waals surface area contributed by atoms with Crippen LogP contribution in [0.25, 0.3) is 0 Å². The van der Waals surface area contributed by atoms with Crippen LogP contribution in [0, 0.1) is 0 Å². The van der Waals surface area contributed by atoms with E-state index in [0.29, 0.717) is 13.1 Å². The zero-order chi connectivity index (χ0) is 15.5. The molecule has 0 spiro atoms. The third-order valence-electron chi connectivity index (χ3n) is 4.18. The molecule has 1 aliphatic heterocycles. The minimum Gasteiger partial charge on any atom is -0.368 e. The highest BCUT2D eigenvalue weighted by Crippen LogP contribution is 2.25. The van der Waals surface area contributed by atoms with Gasteiger partial charge in [0, 0.05) is 12.7 Å². The fourth-order valence-corrected chi connectivity index (χ4v) is 2.97.